The molecule has 2 nitrogen and oxygen atoms in total. The van der Waals surface area contributed by atoms with Gasteiger partial charge in [0.1, 0.15) is 0 Å². The molecule has 0 amide bonds. The number of pyridine rings is 1. The number of rotatable bonds is 1. The molecule has 1 heterocycles. The molecule has 0 aliphatic rings. The number of aromatic nitrogens is 1. The third-order valence-corrected chi connectivity index (χ3v) is 1.44. The van der Waals surface area contributed by atoms with E-state index in [0.717, 1.165) is 16.8 Å². The van der Waals surface area contributed by atoms with Crippen LogP contribution in [0.3, 0.4) is 0 Å². The lowest BCUT2D eigenvalue weighted by Gasteiger charge is -1.97. The van der Waals surface area contributed by atoms with Gasteiger partial charge in [-0.2, -0.15) is 0 Å². The van der Waals surface area contributed by atoms with Gasteiger partial charge in [-0.3, -0.25) is 4.98 Å². The molecule has 0 atom stereocenters. The molecule has 0 aliphatic carbocycles. The van der Waals surface area contributed by atoms with Crippen molar-refractivity contribution >= 4 is 6.21 Å². The fourth-order valence-electron chi connectivity index (χ4n) is 0.858. The molecule has 52 valence electrons. The minimum absolute atomic E-state index is 0.894. The van der Waals surface area contributed by atoms with Crippen molar-refractivity contribution in [3.8, 4) is 0 Å². The maximum absolute atomic E-state index is 6.99. The van der Waals surface area contributed by atoms with Crippen LogP contribution in [0.2, 0.25) is 0 Å². The molecule has 2 heteroatoms. The van der Waals surface area contributed by atoms with Crippen LogP contribution >= 0.6 is 0 Å². The van der Waals surface area contributed by atoms with Crippen LogP contribution in [0.1, 0.15) is 16.8 Å². The predicted octanol–water partition coefficient (Wildman–Crippen LogP) is 1.70. The molecule has 0 bridgehead atoms. The first-order valence-corrected chi connectivity index (χ1v) is 3.18. The fraction of sp³-hybridized carbons (Fsp3) is 0.250. The van der Waals surface area contributed by atoms with Crippen molar-refractivity contribution in [3.63, 3.8) is 0 Å². The number of hydrogen-bond acceptors (Lipinski definition) is 2. The van der Waals surface area contributed by atoms with Crippen molar-refractivity contribution in [1.82, 2.24) is 4.98 Å². The quantitative estimate of drug-likeness (QED) is 0.583. The van der Waals surface area contributed by atoms with E-state index >= 15 is 0 Å². The zero-order valence-corrected chi connectivity index (χ0v) is 6.18. The number of nitrogens with zero attached hydrogens (tertiary/aromatic N) is 1. The molecule has 0 fully saturated rings. The van der Waals surface area contributed by atoms with Gasteiger partial charge in [0.15, 0.2) is 0 Å². The van der Waals surface area contributed by atoms with E-state index in [4.69, 9.17) is 5.41 Å². The third-order valence-electron chi connectivity index (χ3n) is 1.44. The summed E-state index contributed by atoms with van der Waals surface area (Å²) in [6.45, 7) is 3.93. The molecule has 0 aliphatic heterocycles. The summed E-state index contributed by atoms with van der Waals surface area (Å²) < 4.78 is 0. The molecule has 1 aromatic heterocycles. The van der Waals surface area contributed by atoms with Crippen LogP contribution in [-0.4, -0.2) is 11.2 Å². The average molecular weight is 134 g/mol. The molecule has 0 radical (unpaired) electrons. The lowest BCUT2D eigenvalue weighted by atomic mass is 10.1. The van der Waals surface area contributed by atoms with Gasteiger partial charge < -0.3 is 5.41 Å². The van der Waals surface area contributed by atoms with Gasteiger partial charge in [0.2, 0.25) is 0 Å². The second-order valence-corrected chi connectivity index (χ2v) is 2.33. The van der Waals surface area contributed by atoms with Gasteiger partial charge in [-0.25, -0.2) is 0 Å². The highest BCUT2D eigenvalue weighted by molar-refractivity contribution is 5.78. The molecular formula is C8H10N2. The van der Waals surface area contributed by atoms with Crippen molar-refractivity contribution < 1.29 is 0 Å². The highest BCUT2D eigenvalue weighted by Crippen LogP contribution is 2.03. The zero-order chi connectivity index (χ0) is 7.56. The lowest BCUT2D eigenvalue weighted by Crippen LogP contribution is -1.89. The Balaban J connectivity index is 3.19. The summed E-state index contributed by atoms with van der Waals surface area (Å²) in [6, 6.07) is 1.97. The fourth-order valence-corrected chi connectivity index (χ4v) is 0.858. The van der Waals surface area contributed by atoms with Gasteiger partial charge in [-0.05, 0) is 25.5 Å². The largest absolute Gasteiger partial charge is 0.308 e. The molecule has 1 rings (SSSR count). The van der Waals surface area contributed by atoms with Crippen molar-refractivity contribution in [1.29, 1.82) is 5.41 Å². The first kappa shape index (κ1) is 6.93. The Morgan fingerprint density at radius 3 is 2.70 bits per heavy atom. The zero-order valence-electron chi connectivity index (χ0n) is 6.18. The second-order valence-electron chi connectivity index (χ2n) is 2.33. The van der Waals surface area contributed by atoms with Crippen molar-refractivity contribution in [2.75, 3.05) is 0 Å². The van der Waals surface area contributed by atoms with E-state index in [2.05, 4.69) is 4.98 Å². The summed E-state index contributed by atoms with van der Waals surface area (Å²) >= 11 is 0. The number of hydrogen-bond donors (Lipinski definition) is 1. The highest BCUT2D eigenvalue weighted by atomic mass is 14.7. The summed E-state index contributed by atoms with van der Waals surface area (Å²) in [4.78, 5) is 4.06. The van der Waals surface area contributed by atoms with E-state index in [1.807, 2.05) is 19.9 Å². The van der Waals surface area contributed by atoms with Gasteiger partial charge in [-0.1, -0.05) is 0 Å². The van der Waals surface area contributed by atoms with Crippen LogP contribution in [0, 0.1) is 19.3 Å². The monoisotopic (exact) mass is 134 g/mol. The number of nitrogens with one attached hydrogen (secondary N) is 1. The van der Waals surface area contributed by atoms with Crippen LogP contribution in [0.15, 0.2) is 12.3 Å². The molecule has 1 aromatic rings. The van der Waals surface area contributed by atoms with Crippen LogP contribution in [0.25, 0.3) is 0 Å². The van der Waals surface area contributed by atoms with E-state index in [0.29, 0.717) is 0 Å². The van der Waals surface area contributed by atoms with E-state index < -0.39 is 0 Å². The van der Waals surface area contributed by atoms with Crippen LogP contribution in [0.4, 0.5) is 0 Å². The van der Waals surface area contributed by atoms with Crippen LogP contribution < -0.4 is 0 Å². The van der Waals surface area contributed by atoms with Crippen LogP contribution in [0.5, 0.6) is 0 Å². The van der Waals surface area contributed by atoms with Gasteiger partial charge in [0.05, 0.1) is 0 Å². The molecular weight excluding hydrogens is 124 g/mol. The Morgan fingerprint density at radius 1 is 1.50 bits per heavy atom. The SMILES string of the molecule is Cc1cc(C)c(C=N)cn1. The Hall–Kier alpha value is -1.18. The summed E-state index contributed by atoms with van der Waals surface area (Å²) in [5, 5.41) is 6.99. The van der Waals surface area contributed by atoms with E-state index in [9.17, 15) is 0 Å². The minimum Gasteiger partial charge on any atom is -0.308 e. The van der Waals surface area contributed by atoms with Crippen molar-refractivity contribution in [3.05, 3.63) is 29.1 Å². The molecule has 0 spiro atoms. The maximum Gasteiger partial charge on any atom is 0.0375 e. The Labute approximate surface area is 60.4 Å². The van der Waals surface area contributed by atoms with E-state index in [1.165, 1.54) is 6.21 Å². The molecule has 0 unspecified atom stereocenters. The van der Waals surface area contributed by atoms with Crippen LogP contribution in [-0.2, 0) is 0 Å². The lowest BCUT2D eigenvalue weighted by molar-refractivity contribution is 1.17. The van der Waals surface area contributed by atoms with E-state index in [1.54, 1.807) is 6.20 Å². The van der Waals surface area contributed by atoms with Crippen molar-refractivity contribution in [2.24, 2.45) is 0 Å². The first-order chi connectivity index (χ1) is 4.74. The molecule has 0 aromatic carbocycles. The summed E-state index contributed by atoms with van der Waals surface area (Å²) in [5.74, 6) is 0. The normalized spacial score (nSPS) is 9.40. The average Bonchev–Trinajstić information content (AvgIpc) is 1.88. The first-order valence-electron chi connectivity index (χ1n) is 3.18. The summed E-state index contributed by atoms with van der Waals surface area (Å²) in [6.07, 6.45) is 3.04. The van der Waals surface area contributed by atoms with Gasteiger partial charge in [0.25, 0.3) is 0 Å². The Kier molecular flexibility index (Phi) is 1.81. The van der Waals surface area contributed by atoms with E-state index in [-0.39, 0.29) is 0 Å². The van der Waals surface area contributed by atoms with Gasteiger partial charge >= 0.3 is 0 Å². The van der Waals surface area contributed by atoms with Gasteiger partial charge in [-0.15, -0.1) is 0 Å². The molecule has 0 saturated carbocycles. The number of aryl methyl sites for hydroxylation is 2. The molecule has 10 heavy (non-hydrogen) atoms. The Morgan fingerprint density at radius 2 is 2.20 bits per heavy atom. The maximum atomic E-state index is 6.99. The Bertz CT molecular complexity index is 253. The van der Waals surface area contributed by atoms with Crippen molar-refractivity contribution in [2.45, 2.75) is 13.8 Å². The minimum atomic E-state index is 0.894. The standard InChI is InChI=1S/C8H10N2/c1-6-3-7(2)10-5-8(6)4-9/h3-5,9H,1-2H3. The van der Waals surface area contributed by atoms with Gasteiger partial charge in [0, 0.05) is 23.7 Å². The highest BCUT2D eigenvalue weighted by Gasteiger charge is 1.93. The molecule has 1 N–H and O–H groups in total. The smallest absolute Gasteiger partial charge is 0.0375 e. The third kappa shape index (κ3) is 1.21. The molecule has 0 saturated heterocycles. The second kappa shape index (κ2) is 2.60. The summed E-state index contributed by atoms with van der Waals surface area (Å²) in [5.41, 5.74) is 3.01. The summed E-state index contributed by atoms with van der Waals surface area (Å²) in [7, 11) is 0. The topological polar surface area (TPSA) is 36.7 Å². The predicted molar refractivity (Wildman–Crippen MR) is 41.6 cm³/mol.